The number of rotatable bonds is 2. The highest BCUT2D eigenvalue weighted by Crippen LogP contribution is 2.44. The van der Waals surface area contributed by atoms with E-state index in [1.54, 1.807) is 18.3 Å². The lowest BCUT2D eigenvalue weighted by molar-refractivity contribution is -0.126. The van der Waals surface area contributed by atoms with Crippen LogP contribution in [0, 0.1) is 16.7 Å². The molecule has 1 atom stereocenters. The average Bonchev–Trinajstić information content (AvgIpc) is 2.98. The molecule has 5 nitrogen and oxygen atoms in total. The minimum atomic E-state index is -0.429. The summed E-state index contributed by atoms with van der Waals surface area (Å²) in [6.07, 6.45) is 4.26. The molecule has 26 heavy (non-hydrogen) atoms. The fourth-order valence-corrected chi connectivity index (χ4v) is 4.39. The van der Waals surface area contributed by atoms with Crippen molar-refractivity contribution in [1.82, 2.24) is 4.98 Å². The van der Waals surface area contributed by atoms with Gasteiger partial charge in [-0.15, -0.1) is 0 Å². The number of nitriles is 1. The Morgan fingerprint density at radius 1 is 1.15 bits per heavy atom. The van der Waals surface area contributed by atoms with E-state index in [0.717, 1.165) is 31.5 Å². The van der Waals surface area contributed by atoms with Crippen LogP contribution >= 0.6 is 11.6 Å². The third-order valence-corrected chi connectivity index (χ3v) is 5.76. The Hall–Kier alpha value is -2.58. The molecule has 0 aliphatic carbocycles. The van der Waals surface area contributed by atoms with E-state index in [-0.39, 0.29) is 5.91 Å². The van der Waals surface area contributed by atoms with Crippen LogP contribution in [0.4, 0.5) is 11.5 Å². The lowest BCUT2D eigenvalue weighted by Crippen LogP contribution is -2.48. The van der Waals surface area contributed by atoms with Crippen LogP contribution in [0.2, 0.25) is 5.02 Å². The van der Waals surface area contributed by atoms with Crippen molar-refractivity contribution in [2.24, 2.45) is 5.41 Å². The summed E-state index contributed by atoms with van der Waals surface area (Å²) in [5, 5.41) is 9.97. The molecule has 1 aromatic heterocycles. The summed E-state index contributed by atoms with van der Waals surface area (Å²) in [4.78, 5) is 21.6. The fourth-order valence-electron chi connectivity index (χ4n) is 4.15. The Kier molecular flexibility index (Phi) is 4.29. The second-order valence-electron chi connectivity index (χ2n) is 6.95. The molecule has 0 radical (unpaired) electrons. The number of para-hydroxylation sites is 1. The molecule has 2 fully saturated rings. The van der Waals surface area contributed by atoms with Gasteiger partial charge in [-0.3, -0.25) is 4.79 Å². The molecular formula is C20H19ClN4O. The largest absolute Gasteiger partial charge is 0.354 e. The number of anilines is 2. The highest BCUT2D eigenvalue weighted by atomic mass is 35.5. The number of carbonyl (C=O) groups is 1. The van der Waals surface area contributed by atoms with Gasteiger partial charge in [-0.05, 0) is 43.5 Å². The third kappa shape index (κ3) is 2.71. The normalized spacial score (nSPS) is 22.7. The quantitative estimate of drug-likeness (QED) is 0.814. The Morgan fingerprint density at radius 2 is 2.00 bits per heavy atom. The molecule has 2 saturated heterocycles. The lowest BCUT2D eigenvalue weighted by Gasteiger charge is -2.39. The Bertz CT molecular complexity index is 893. The molecule has 0 saturated carbocycles. The van der Waals surface area contributed by atoms with Gasteiger partial charge in [0.1, 0.15) is 11.9 Å². The number of halogens is 1. The molecule has 2 aliphatic rings. The van der Waals surface area contributed by atoms with Gasteiger partial charge in [0.2, 0.25) is 5.91 Å². The standard InChI is InChI=1S/C20H19ClN4O/c21-16-6-1-2-7-17(16)25-12-9-20(19(25)26)8-4-11-24(14-20)18-15(13-22)5-3-10-23-18/h1-3,5-7,10H,4,8-9,11-12,14H2/t20-/m0/s1. The van der Waals surface area contributed by atoms with Crippen molar-refractivity contribution < 1.29 is 4.79 Å². The maximum absolute atomic E-state index is 13.3. The van der Waals surface area contributed by atoms with Crippen molar-refractivity contribution in [3.05, 3.63) is 53.2 Å². The first-order valence-electron chi connectivity index (χ1n) is 8.81. The van der Waals surface area contributed by atoms with Crippen molar-refractivity contribution in [3.63, 3.8) is 0 Å². The second-order valence-corrected chi connectivity index (χ2v) is 7.36. The van der Waals surface area contributed by atoms with Gasteiger partial charge in [-0.2, -0.15) is 5.26 Å². The van der Waals surface area contributed by atoms with Crippen LogP contribution in [-0.2, 0) is 4.79 Å². The first-order valence-corrected chi connectivity index (χ1v) is 9.19. The maximum atomic E-state index is 13.3. The van der Waals surface area contributed by atoms with Crippen LogP contribution in [0.3, 0.4) is 0 Å². The summed E-state index contributed by atoms with van der Waals surface area (Å²) in [6, 6.07) is 13.2. The SMILES string of the molecule is N#Cc1cccnc1N1CCC[C@]2(CCN(c3ccccc3Cl)C2=O)C1. The van der Waals surface area contributed by atoms with Gasteiger partial charge in [-0.1, -0.05) is 23.7 Å². The number of amides is 1. The zero-order chi connectivity index (χ0) is 18.1. The van der Waals surface area contributed by atoms with Crippen molar-refractivity contribution >= 4 is 29.0 Å². The molecule has 2 aliphatic heterocycles. The second kappa shape index (κ2) is 6.62. The van der Waals surface area contributed by atoms with Gasteiger partial charge in [0.15, 0.2) is 0 Å². The summed E-state index contributed by atoms with van der Waals surface area (Å²) >= 11 is 6.31. The van der Waals surface area contributed by atoms with Crippen LogP contribution < -0.4 is 9.80 Å². The Balaban J connectivity index is 1.62. The number of hydrogen-bond acceptors (Lipinski definition) is 4. The third-order valence-electron chi connectivity index (χ3n) is 5.44. The van der Waals surface area contributed by atoms with Crippen molar-refractivity contribution in [1.29, 1.82) is 5.26 Å². The molecule has 6 heteroatoms. The van der Waals surface area contributed by atoms with Gasteiger partial charge in [0.05, 0.1) is 21.7 Å². The van der Waals surface area contributed by atoms with Gasteiger partial charge in [-0.25, -0.2) is 4.98 Å². The zero-order valence-corrected chi connectivity index (χ0v) is 15.1. The maximum Gasteiger partial charge on any atom is 0.235 e. The number of hydrogen-bond donors (Lipinski definition) is 0. The monoisotopic (exact) mass is 366 g/mol. The van der Waals surface area contributed by atoms with E-state index in [2.05, 4.69) is 16.0 Å². The first-order chi connectivity index (χ1) is 12.6. The lowest BCUT2D eigenvalue weighted by atomic mass is 9.78. The molecule has 0 N–H and O–H groups in total. The van der Waals surface area contributed by atoms with Crippen LogP contribution in [0.15, 0.2) is 42.6 Å². The van der Waals surface area contributed by atoms with Crippen molar-refractivity contribution in [2.75, 3.05) is 29.4 Å². The van der Waals surface area contributed by atoms with Gasteiger partial charge >= 0.3 is 0 Å². The molecular weight excluding hydrogens is 348 g/mol. The predicted octanol–water partition coefficient (Wildman–Crippen LogP) is 3.63. The molecule has 0 bridgehead atoms. The molecule has 3 heterocycles. The Morgan fingerprint density at radius 3 is 2.81 bits per heavy atom. The first kappa shape index (κ1) is 16.9. The van der Waals surface area contributed by atoms with Gasteiger partial charge in [0, 0.05) is 25.8 Å². The number of benzene rings is 1. The van der Waals surface area contributed by atoms with E-state index in [4.69, 9.17) is 11.6 Å². The van der Waals surface area contributed by atoms with E-state index in [0.29, 0.717) is 29.5 Å². The summed E-state index contributed by atoms with van der Waals surface area (Å²) < 4.78 is 0. The van der Waals surface area contributed by atoms with Gasteiger partial charge < -0.3 is 9.80 Å². The summed E-state index contributed by atoms with van der Waals surface area (Å²) in [5.41, 5.74) is 0.906. The molecule has 132 valence electrons. The van der Waals surface area contributed by atoms with Gasteiger partial charge in [0.25, 0.3) is 0 Å². The van der Waals surface area contributed by atoms with Crippen LogP contribution in [0.5, 0.6) is 0 Å². The molecule has 0 unspecified atom stereocenters. The predicted molar refractivity (Wildman–Crippen MR) is 101 cm³/mol. The van der Waals surface area contributed by atoms with Crippen molar-refractivity contribution in [2.45, 2.75) is 19.3 Å². The minimum absolute atomic E-state index is 0.129. The molecule has 1 spiro atoms. The summed E-state index contributed by atoms with van der Waals surface area (Å²) in [6.45, 7) is 2.08. The topological polar surface area (TPSA) is 60.2 Å². The van der Waals surface area contributed by atoms with E-state index in [9.17, 15) is 10.1 Å². The van der Waals surface area contributed by atoms with E-state index >= 15 is 0 Å². The number of aromatic nitrogens is 1. The fraction of sp³-hybridized carbons (Fsp3) is 0.350. The molecule has 4 rings (SSSR count). The summed E-state index contributed by atoms with van der Waals surface area (Å²) in [5.74, 6) is 0.808. The average molecular weight is 367 g/mol. The molecule has 2 aromatic rings. The minimum Gasteiger partial charge on any atom is -0.354 e. The zero-order valence-electron chi connectivity index (χ0n) is 14.4. The van der Waals surface area contributed by atoms with Crippen LogP contribution in [-0.4, -0.2) is 30.5 Å². The number of piperidine rings is 1. The van der Waals surface area contributed by atoms with E-state index in [1.165, 1.54) is 0 Å². The molecule has 1 amide bonds. The summed E-state index contributed by atoms with van der Waals surface area (Å²) in [7, 11) is 0. The smallest absolute Gasteiger partial charge is 0.235 e. The highest BCUT2D eigenvalue weighted by Gasteiger charge is 2.49. The van der Waals surface area contributed by atoms with Crippen molar-refractivity contribution in [3.8, 4) is 6.07 Å². The van der Waals surface area contributed by atoms with E-state index < -0.39 is 5.41 Å². The number of nitrogens with zero attached hydrogens (tertiary/aromatic N) is 4. The number of pyridine rings is 1. The van der Waals surface area contributed by atoms with E-state index in [1.807, 2.05) is 29.2 Å². The highest BCUT2D eigenvalue weighted by molar-refractivity contribution is 6.34. The number of carbonyl (C=O) groups excluding carboxylic acids is 1. The van der Waals surface area contributed by atoms with Crippen LogP contribution in [0.1, 0.15) is 24.8 Å². The van der Waals surface area contributed by atoms with Crippen LogP contribution in [0.25, 0.3) is 0 Å². The Labute approximate surface area is 157 Å². The molecule has 1 aromatic carbocycles.